The Morgan fingerprint density at radius 1 is 1.54 bits per heavy atom. The van der Waals surface area contributed by atoms with Crippen molar-refractivity contribution in [3.63, 3.8) is 0 Å². The zero-order valence-electron chi connectivity index (χ0n) is 6.90. The molecule has 0 aliphatic heterocycles. The topological polar surface area (TPSA) is 66.9 Å². The minimum absolute atomic E-state index is 0.292. The molecule has 0 aliphatic rings. The first-order valence-electron chi connectivity index (χ1n) is 3.45. The smallest absolute Gasteiger partial charge is 0.364 e. The number of alkyl halides is 3. The summed E-state index contributed by atoms with van der Waals surface area (Å²) in [5.74, 6) is -1.17. The quantitative estimate of drug-likeness (QED) is 0.655. The van der Waals surface area contributed by atoms with Crippen LogP contribution in [0.15, 0.2) is 11.6 Å². The molecule has 0 aromatic rings. The number of carbonyl (C=O) groups is 1. The van der Waals surface area contributed by atoms with E-state index in [4.69, 9.17) is 5.41 Å². The molecule has 0 aromatic heterocycles. The molecular formula is C7H9F3N2O. The molecule has 0 atom stereocenters. The Morgan fingerprint density at radius 3 is 2.23 bits per heavy atom. The molecule has 0 unspecified atom stereocenters. The Labute approximate surface area is 72.9 Å². The normalized spacial score (nSPS) is 12.8. The fourth-order valence-electron chi connectivity index (χ4n) is 0.630. The number of carbonyl (C=O) groups excluding carboxylic acids is 1. The van der Waals surface area contributed by atoms with Gasteiger partial charge < -0.3 is 5.73 Å². The summed E-state index contributed by atoms with van der Waals surface area (Å²) < 4.78 is 36.1. The summed E-state index contributed by atoms with van der Waals surface area (Å²) in [5.41, 5.74) is 2.83. The maximum absolute atomic E-state index is 12.0. The molecule has 0 saturated carbocycles. The van der Waals surface area contributed by atoms with Gasteiger partial charge in [0.25, 0.3) is 5.91 Å². The largest absolute Gasteiger partial charge is 0.412 e. The van der Waals surface area contributed by atoms with Gasteiger partial charge in [-0.15, -0.1) is 0 Å². The van der Waals surface area contributed by atoms with Gasteiger partial charge in [0.15, 0.2) is 0 Å². The number of nitrogens with one attached hydrogen (secondary N) is 1. The highest BCUT2D eigenvalue weighted by Crippen LogP contribution is 2.27. The summed E-state index contributed by atoms with van der Waals surface area (Å²) in [7, 11) is 0. The maximum Gasteiger partial charge on any atom is 0.412 e. The number of primary amides is 1. The first-order chi connectivity index (χ1) is 5.79. The van der Waals surface area contributed by atoms with Crippen LogP contribution in [-0.2, 0) is 4.79 Å². The average molecular weight is 194 g/mol. The molecule has 0 saturated heterocycles. The molecule has 13 heavy (non-hydrogen) atoms. The van der Waals surface area contributed by atoms with Crippen LogP contribution in [-0.4, -0.2) is 17.8 Å². The summed E-state index contributed by atoms with van der Waals surface area (Å²) in [6.07, 6.45) is -4.35. The lowest BCUT2D eigenvalue weighted by Gasteiger charge is -2.08. The third-order valence-electron chi connectivity index (χ3n) is 1.33. The van der Waals surface area contributed by atoms with Gasteiger partial charge in [-0.1, -0.05) is 6.92 Å². The molecule has 0 aromatic carbocycles. The molecule has 0 radical (unpaired) electrons. The van der Waals surface area contributed by atoms with Gasteiger partial charge >= 0.3 is 6.18 Å². The summed E-state index contributed by atoms with van der Waals surface area (Å²) in [6.45, 7) is 1.29. The fraction of sp³-hybridized carbons (Fsp3) is 0.429. The summed E-state index contributed by atoms with van der Waals surface area (Å²) in [6, 6.07) is 0. The van der Waals surface area contributed by atoms with Gasteiger partial charge in [0, 0.05) is 5.57 Å². The average Bonchev–Trinajstić information content (AvgIpc) is 1.96. The zero-order valence-corrected chi connectivity index (χ0v) is 6.90. The molecule has 1 amide bonds. The van der Waals surface area contributed by atoms with Crippen molar-refractivity contribution in [1.29, 1.82) is 5.41 Å². The first-order valence-corrected chi connectivity index (χ1v) is 3.45. The predicted octanol–water partition coefficient (Wildman–Crippen LogP) is 1.39. The van der Waals surface area contributed by atoms with Gasteiger partial charge in [-0.25, -0.2) is 0 Å². The second-order valence-corrected chi connectivity index (χ2v) is 2.30. The molecule has 6 heteroatoms. The highest BCUT2D eigenvalue weighted by atomic mass is 19.4. The maximum atomic E-state index is 12.0. The van der Waals surface area contributed by atoms with Crippen molar-refractivity contribution in [1.82, 2.24) is 0 Å². The lowest BCUT2D eigenvalue weighted by Crippen LogP contribution is -2.22. The zero-order chi connectivity index (χ0) is 10.6. The van der Waals surface area contributed by atoms with Crippen molar-refractivity contribution in [2.45, 2.75) is 19.5 Å². The molecule has 3 N–H and O–H groups in total. The number of hydrogen-bond donors (Lipinski definition) is 2. The number of hydrogen-bond acceptors (Lipinski definition) is 2. The lowest BCUT2D eigenvalue weighted by atomic mass is 10.1. The van der Waals surface area contributed by atoms with Crippen molar-refractivity contribution in [3.8, 4) is 0 Å². The van der Waals surface area contributed by atoms with Crippen molar-refractivity contribution in [2.24, 2.45) is 5.73 Å². The van der Waals surface area contributed by atoms with Crippen LogP contribution in [0, 0.1) is 5.41 Å². The van der Waals surface area contributed by atoms with Gasteiger partial charge in [0.1, 0.15) is 5.71 Å². The number of halogens is 3. The van der Waals surface area contributed by atoms with Crippen LogP contribution < -0.4 is 5.73 Å². The van der Waals surface area contributed by atoms with Crippen LogP contribution >= 0.6 is 0 Å². The molecule has 0 spiro atoms. The van der Waals surface area contributed by atoms with Crippen LogP contribution in [0.4, 0.5) is 13.2 Å². The third-order valence-corrected chi connectivity index (χ3v) is 1.33. The van der Waals surface area contributed by atoms with Crippen molar-refractivity contribution >= 4 is 11.6 Å². The van der Waals surface area contributed by atoms with E-state index in [2.05, 4.69) is 5.73 Å². The minimum atomic E-state index is -4.50. The molecule has 0 fully saturated rings. The number of allylic oxidation sites excluding steroid dienone is 1. The SMILES string of the molecule is CC/C(=C\C(=N)C(N)=O)C(F)(F)F. The van der Waals surface area contributed by atoms with E-state index >= 15 is 0 Å². The minimum Gasteiger partial charge on any atom is -0.364 e. The Morgan fingerprint density at radius 2 is 2.00 bits per heavy atom. The van der Waals surface area contributed by atoms with Crippen LogP contribution in [0.3, 0.4) is 0 Å². The summed E-state index contributed by atoms with van der Waals surface area (Å²) >= 11 is 0. The highest BCUT2D eigenvalue weighted by molar-refractivity contribution is 6.41. The van der Waals surface area contributed by atoms with Crippen molar-refractivity contribution < 1.29 is 18.0 Å². The molecule has 3 nitrogen and oxygen atoms in total. The molecule has 0 heterocycles. The van der Waals surface area contributed by atoms with Crippen LogP contribution in [0.1, 0.15) is 13.3 Å². The number of nitrogens with two attached hydrogens (primary N) is 1. The fourth-order valence-corrected chi connectivity index (χ4v) is 0.630. The molecule has 0 rings (SSSR count). The monoisotopic (exact) mass is 194 g/mol. The highest BCUT2D eigenvalue weighted by Gasteiger charge is 2.32. The van der Waals surface area contributed by atoms with Gasteiger partial charge in [0.05, 0.1) is 0 Å². The van der Waals surface area contributed by atoms with E-state index in [1.165, 1.54) is 6.92 Å². The lowest BCUT2D eigenvalue weighted by molar-refractivity contribution is -0.112. The standard InChI is InChI=1S/C7H9F3N2O/c1-2-4(7(8,9)10)3-5(11)6(12)13/h3,11H,2H2,1H3,(H2,12,13)/b4-3+,11-5?. The Kier molecular flexibility index (Phi) is 3.65. The van der Waals surface area contributed by atoms with E-state index < -0.39 is 23.4 Å². The molecular weight excluding hydrogens is 185 g/mol. The third kappa shape index (κ3) is 3.73. The summed E-state index contributed by atoms with van der Waals surface area (Å²) in [4.78, 5) is 10.3. The van der Waals surface area contributed by atoms with Crippen LogP contribution in [0.2, 0.25) is 0 Å². The van der Waals surface area contributed by atoms with Crippen molar-refractivity contribution in [2.75, 3.05) is 0 Å². The number of amides is 1. The van der Waals surface area contributed by atoms with E-state index in [9.17, 15) is 18.0 Å². The Hall–Kier alpha value is -1.33. The molecule has 0 aliphatic carbocycles. The van der Waals surface area contributed by atoms with Gasteiger partial charge in [-0.05, 0) is 12.5 Å². The van der Waals surface area contributed by atoms with Gasteiger partial charge in [0.2, 0.25) is 0 Å². The summed E-state index contributed by atoms with van der Waals surface area (Å²) in [5, 5.41) is 6.81. The van der Waals surface area contributed by atoms with E-state index in [1.54, 1.807) is 0 Å². The second-order valence-electron chi connectivity index (χ2n) is 2.30. The van der Waals surface area contributed by atoms with Gasteiger partial charge in [-0.3, -0.25) is 10.2 Å². The van der Waals surface area contributed by atoms with Crippen LogP contribution in [0.5, 0.6) is 0 Å². The molecule has 74 valence electrons. The molecule has 0 bridgehead atoms. The van der Waals surface area contributed by atoms with E-state index in [1.807, 2.05) is 0 Å². The van der Waals surface area contributed by atoms with E-state index in [-0.39, 0.29) is 6.42 Å². The van der Waals surface area contributed by atoms with Crippen molar-refractivity contribution in [3.05, 3.63) is 11.6 Å². The van der Waals surface area contributed by atoms with Gasteiger partial charge in [-0.2, -0.15) is 13.2 Å². The number of rotatable bonds is 3. The second kappa shape index (κ2) is 4.06. The predicted molar refractivity (Wildman–Crippen MR) is 41.4 cm³/mol. The van der Waals surface area contributed by atoms with Crippen LogP contribution in [0.25, 0.3) is 0 Å². The van der Waals surface area contributed by atoms with E-state index in [0.29, 0.717) is 6.08 Å². The van der Waals surface area contributed by atoms with E-state index in [0.717, 1.165) is 0 Å². The Bertz CT molecular complexity index is 255. The Balaban J connectivity index is 4.78. The first kappa shape index (κ1) is 11.7.